The second-order valence-corrected chi connectivity index (χ2v) is 6.66. The van der Waals surface area contributed by atoms with E-state index >= 15 is 0 Å². The molecule has 1 atom stereocenters. The maximum atomic E-state index is 11.8. The highest BCUT2D eigenvalue weighted by Gasteiger charge is 2.25. The van der Waals surface area contributed by atoms with Crippen LogP contribution in [0.2, 0.25) is 0 Å². The van der Waals surface area contributed by atoms with Gasteiger partial charge in [-0.15, -0.1) is 0 Å². The number of hydrogen-bond donors (Lipinski definition) is 2. The molecule has 7 nitrogen and oxygen atoms in total. The monoisotopic (exact) mass is 354 g/mol. The van der Waals surface area contributed by atoms with Crippen molar-refractivity contribution in [2.24, 2.45) is 0 Å². The number of aromatic nitrogens is 4. The van der Waals surface area contributed by atoms with Crippen molar-refractivity contribution < 1.29 is 14.6 Å². The van der Waals surface area contributed by atoms with Crippen LogP contribution in [0.25, 0.3) is 5.65 Å². The van der Waals surface area contributed by atoms with Crippen molar-refractivity contribution >= 4 is 11.6 Å². The topological polar surface area (TPSA) is 92.5 Å². The lowest BCUT2D eigenvalue weighted by molar-refractivity contribution is 0.0519. The SMILES string of the molecule is CCOC(=O)c1cc(C(CCO)c2cn3cc(C4CC4)ccc3n2)[nH]n1. The van der Waals surface area contributed by atoms with Crippen LogP contribution in [0.5, 0.6) is 0 Å². The van der Waals surface area contributed by atoms with Gasteiger partial charge in [0.25, 0.3) is 0 Å². The lowest BCUT2D eigenvalue weighted by Gasteiger charge is -2.10. The number of rotatable bonds is 7. The minimum Gasteiger partial charge on any atom is -0.461 e. The molecule has 2 N–H and O–H groups in total. The van der Waals surface area contributed by atoms with Crippen LogP contribution in [0.4, 0.5) is 0 Å². The number of aromatic amines is 1. The van der Waals surface area contributed by atoms with Gasteiger partial charge in [0, 0.05) is 30.6 Å². The number of ether oxygens (including phenoxy) is 1. The molecule has 1 fully saturated rings. The third kappa shape index (κ3) is 3.22. The van der Waals surface area contributed by atoms with Crippen LogP contribution in [0.1, 0.15) is 65.5 Å². The first-order valence-electron chi connectivity index (χ1n) is 9.01. The number of nitrogens with one attached hydrogen (secondary N) is 1. The van der Waals surface area contributed by atoms with E-state index in [1.165, 1.54) is 18.4 Å². The van der Waals surface area contributed by atoms with Gasteiger partial charge in [-0.2, -0.15) is 5.10 Å². The summed E-state index contributed by atoms with van der Waals surface area (Å²) in [5, 5.41) is 16.4. The molecule has 4 rings (SSSR count). The Morgan fingerprint density at radius 3 is 3.00 bits per heavy atom. The van der Waals surface area contributed by atoms with E-state index in [1.54, 1.807) is 13.0 Å². The third-order valence-corrected chi connectivity index (χ3v) is 4.77. The number of carbonyl (C=O) groups is 1. The molecule has 1 aliphatic rings. The number of esters is 1. The first kappa shape index (κ1) is 16.8. The van der Waals surface area contributed by atoms with Crippen molar-refractivity contribution in [2.75, 3.05) is 13.2 Å². The zero-order valence-electron chi connectivity index (χ0n) is 14.7. The average molecular weight is 354 g/mol. The zero-order valence-corrected chi connectivity index (χ0v) is 14.7. The summed E-state index contributed by atoms with van der Waals surface area (Å²) >= 11 is 0. The molecule has 0 aromatic carbocycles. The highest BCUT2D eigenvalue weighted by molar-refractivity contribution is 5.87. The average Bonchev–Trinajstić information content (AvgIpc) is 3.22. The van der Waals surface area contributed by atoms with Gasteiger partial charge in [-0.25, -0.2) is 9.78 Å². The van der Waals surface area contributed by atoms with Gasteiger partial charge < -0.3 is 14.2 Å². The summed E-state index contributed by atoms with van der Waals surface area (Å²) in [4.78, 5) is 16.6. The molecule has 7 heteroatoms. The molecular formula is C19H22N4O3. The number of H-pyrrole nitrogens is 1. The fourth-order valence-corrected chi connectivity index (χ4v) is 3.27. The van der Waals surface area contributed by atoms with E-state index in [2.05, 4.69) is 22.5 Å². The molecule has 1 aliphatic carbocycles. The van der Waals surface area contributed by atoms with Gasteiger partial charge in [0.15, 0.2) is 5.69 Å². The molecule has 0 bridgehead atoms. The van der Waals surface area contributed by atoms with E-state index in [0.29, 0.717) is 18.9 Å². The Balaban J connectivity index is 1.65. The second kappa shape index (κ2) is 6.92. The predicted molar refractivity (Wildman–Crippen MR) is 95.3 cm³/mol. The highest BCUT2D eigenvalue weighted by atomic mass is 16.5. The fourth-order valence-electron chi connectivity index (χ4n) is 3.27. The number of hydrogen-bond acceptors (Lipinski definition) is 5. The highest BCUT2D eigenvalue weighted by Crippen LogP contribution is 2.40. The second-order valence-electron chi connectivity index (χ2n) is 6.66. The molecule has 0 aliphatic heterocycles. The number of pyridine rings is 1. The van der Waals surface area contributed by atoms with Crippen molar-refractivity contribution in [2.45, 2.75) is 38.0 Å². The summed E-state index contributed by atoms with van der Waals surface area (Å²) in [6.45, 7) is 2.07. The molecule has 1 saturated carbocycles. The number of aliphatic hydroxyl groups is 1. The maximum absolute atomic E-state index is 11.8. The van der Waals surface area contributed by atoms with Crippen molar-refractivity contribution in [3.05, 3.63) is 53.2 Å². The van der Waals surface area contributed by atoms with Crippen LogP contribution in [0.3, 0.4) is 0 Å². The van der Waals surface area contributed by atoms with Gasteiger partial charge in [0.1, 0.15) is 5.65 Å². The zero-order chi connectivity index (χ0) is 18.1. The molecule has 0 saturated heterocycles. The molecule has 3 aromatic heterocycles. The lowest BCUT2D eigenvalue weighted by Crippen LogP contribution is -2.05. The smallest absolute Gasteiger partial charge is 0.358 e. The normalized spacial score (nSPS) is 15.3. The molecule has 0 radical (unpaired) electrons. The third-order valence-electron chi connectivity index (χ3n) is 4.77. The summed E-state index contributed by atoms with van der Waals surface area (Å²) in [6, 6.07) is 5.85. The Bertz CT molecular complexity index is 926. The number of imidazole rings is 1. The summed E-state index contributed by atoms with van der Waals surface area (Å²) in [7, 11) is 0. The lowest BCUT2D eigenvalue weighted by atomic mass is 9.98. The van der Waals surface area contributed by atoms with E-state index in [4.69, 9.17) is 9.72 Å². The van der Waals surface area contributed by atoms with Crippen LogP contribution in [0.15, 0.2) is 30.6 Å². The number of aliphatic hydroxyl groups excluding tert-OH is 1. The molecule has 26 heavy (non-hydrogen) atoms. The Morgan fingerprint density at radius 1 is 1.42 bits per heavy atom. The molecule has 3 aromatic rings. The molecule has 0 spiro atoms. The Labute approximate surface area is 151 Å². The largest absolute Gasteiger partial charge is 0.461 e. The van der Waals surface area contributed by atoms with E-state index in [9.17, 15) is 9.90 Å². The van der Waals surface area contributed by atoms with E-state index in [0.717, 1.165) is 17.0 Å². The van der Waals surface area contributed by atoms with Crippen LogP contribution < -0.4 is 0 Å². The Kier molecular flexibility index (Phi) is 4.46. The summed E-state index contributed by atoms with van der Waals surface area (Å²) in [5.74, 6) is 0.0556. The Morgan fingerprint density at radius 2 is 2.27 bits per heavy atom. The van der Waals surface area contributed by atoms with E-state index in [-0.39, 0.29) is 18.2 Å². The van der Waals surface area contributed by atoms with Gasteiger partial charge in [0.2, 0.25) is 0 Å². The van der Waals surface area contributed by atoms with Crippen LogP contribution in [0, 0.1) is 0 Å². The molecule has 3 heterocycles. The minimum atomic E-state index is -0.457. The van der Waals surface area contributed by atoms with Crippen molar-refractivity contribution in [1.29, 1.82) is 0 Å². The molecular weight excluding hydrogens is 332 g/mol. The molecule has 0 amide bonds. The van der Waals surface area contributed by atoms with Crippen LogP contribution in [-0.2, 0) is 4.74 Å². The number of fused-ring (bicyclic) bond motifs is 1. The first-order valence-corrected chi connectivity index (χ1v) is 9.01. The summed E-state index contributed by atoms with van der Waals surface area (Å²) in [5.41, 5.74) is 4.03. The summed E-state index contributed by atoms with van der Waals surface area (Å²) < 4.78 is 7.02. The van der Waals surface area contributed by atoms with Gasteiger partial charge in [-0.05, 0) is 49.8 Å². The van der Waals surface area contributed by atoms with Crippen LogP contribution in [-0.4, -0.2) is 43.9 Å². The first-order chi connectivity index (χ1) is 12.7. The van der Waals surface area contributed by atoms with Gasteiger partial charge in [-0.1, -0.05) is 6.07 Å². The number of nitrogens with zero attached hydrogens (tertiary/aromatic N) is 3. The van der Waals surface area contributed by atoms with Gasteiger partial charge in [-0.3, -0.25) is 5.10 Å². The summed E-state index contributed by atoms with van der Waals surface area (Å²) in [6.07, 6.45) is 7.13. The van der Waals surface area contributed by atoms with E-state index in [1.807, 2.05) is 16.7 Å². The predicted octanol–water partition coefficient (Wildman–Crippen LogP) is 2.63. The van der Waals surface area contributed by atoms with Gasteiger partial charge in [0.05, 0.1) is 12.3 Å². The van der Waals surface area contributed by atoms with Crippen molar-refractivity contribution in [3.63, 3.8) is 0 Å². The standard InChI is InChI=1S/C19H22N4O3/c1-2-26-19(25)16-9-15(21-22-16)14(7-8-24)17-11-23-10-13(12-3-4-12)5-6-18(23)20-17/h5-6,9-12,14,24H,2-4,7-8H2,1H3,(H,21,22). The molecule has 1 unspecified atom stereocenters. The maximum Gasteiger partial charge on any atom is 0.358 e. The minimum absolute atomic E-state index is 0.0135. The van der Waals surface area contributed by atoms with Gasteiger partial charge >= 0.3 is 5.97 Å². The quantitative estimate of drug-likeness (QED) is 0.636. The molecule has 136 valence electrons. The number of carbonyl (C=O) groups excluding carboxylic acids is 1. The van der Waals surface area contributed by atoms with Crippen molar-refractivity contribution in [3.8, 4) is 0 Å². The fraction of sp³-hybridized carbons (Fsp3) is 0.421. The van der Waals surface area contributed by atoms with E-state index < -0.39 is 5.97 Å². The Hall–Kier alpha value is -2.67. The van der Waals surface area contributed by atoms with Crippen LogP contribution >= 0.6 is 0 Å². The van der Waals surface area contributed by atoms with Crippen molar-refractivity contribution in [1.82, 2.24) is 19.6 Å².